The molecule has 0 atom stereocenters. The third kappa shape index (κ3) is 10.8. The number of rotatable bonds is 3. The zero-order valence-electron chi connectivity index (χ0n) is 22.3. The van der Waals surface area contributed by atoms with Crippen molar-refractivity contribution >= 4 is 21.5 Å². The summed E-state index contributed by atoms with van der Waals surface area (Å²) in [5.74, 6) is 0. The first-order chi connectivity index (χ1) is 12.9. The van der Waals surface area contributed by atoms with Crippen LogP contribution in [0.1, 0.15) is 11.1 Å². The van der Waals surface area contributed by atoms with Crippen LogP contribution < -0.4 is 0 Å². The second-order valence-electron chi connectivity index (χ2n) is 6.59. The van der Waals surface area contributed by atoms with Gasteiger partial charge in [0, 0.05) is 25.8 Å². The van der Waals surface area contributed by atoms with Gasteiger partial charge in [-0.3, -0.25) is 0 Å². The molecule has 188 valence electrons. The van der Waals surface area contributed by atoms with Gasteiger partial charge in [-0.25, -0.2) is 12.1 Å². The number of fused-ring (bicyclic) bond motifs is 2. The minimum absolute atomic E-state index is 0. The molecule has 34 heavy (non-hydrogen) atoms. The van der Waals surface area contributed by atoms with E-state index in [2.05, 4.69) is 78.9 Å². The van der Waals surface area contributed by atoms with Gasteiger partial charge in [-0.2, -0.15) is 24.3 Å². The monoisotopic (exact) mass is 619 g/mol. The summed E-state index contributed by atoms with van der Waals surface area (Å²) >= 11 is 0. The molecule has 0 spiro atoms. The predicted octanol–water partition coefficient (Wildman–Crippen LogP) is 10.1. The summed E-state index contributed by atoms with van der Waals surface area (Å²) in [5.41, 5.74) is 2.87. The van der Waals surface area contributed by atoms with Gasteiger partial charge < -0.3 is 52.0 Å². The van der Waals surface area contributed by atoms with E-state index < -0.39 is 0 Å². The van der Waals surface area contributed by atoms with E-state index in [4.69, 9.17) is 0 Å². The van der Waals surface area contributed by atoms with Gasteiger partial charge in [-0.15, -0.1) is 28.5 Å². The van der Waals surface area contributed by atoms with Crippen LogP contribution in [0.25, 0.3) is 21.5 Å². The SMILES string of the molecule is [CH3-].[CH3-].[CH3-].[CH3-].[CH3-].[CH3-].[CH3-].[Hf].c1cc[cH-]c1.c1ccc(CC[c-]2ccc3cc4ccccc4cc32)cc1. The van der Waals surface area contributed by atoms with Gasteiger partial charge >= 0.3 is 0 Å². The molecule has 5 aromatic rings. The van der Waals surface area contributed by atoms with Crippen LogP contribution in [0, 0.1) is 52.0 Å². The summed E-state index contributed by atoms with van der Waals surface area (Å²) in [5, 5.41) is 5.42. The van der Waals surface area contributed by atoms with Crippen molar-refractivity contribution < 1.29 is 25.8 Å². The quantitative estimate of drug-likeness (QED) is 0.140. The van der Waals surface area contributed by atoms with Crippen LogP contribution in [0.3, 0.4) is 0 Å². The van der Waals surface area contributed by atoms with Crippen molar-refractivity contribution in [1.29, 1.82) is 0 Å². The van der Waals surface area contributed by atoms with E-state index >= 15 is 0 Å². The molecule has 0 N–H and O–H groups in total. The van der Waals surface area contributed by atoms with Gasteiger partial charge in [0.25, 0.3) is 0 Å². The zero-order valence-corrected chi connectivity index (χ0v) is 25.9. The predicted molar refractivity (Wildman–Crippen MR) is 158 cm³/mol. The smallest absolute Gasteiger partial charge is 0 e. The molecule has 0 aliphatic rings. The van der Waals surface area contributed by atoms with Gasteiger partial charge in [0.1, 0.15) is 0 Å². The fourth-order valence-electron chi connectivity index (χ4n) is 3.42. The molecule has 0 heterocycles. The Labute approximate surface area is 231 Å². The van der Waals surface area contributed by atoms with E-state index in [9.17, 15) is 0 Å². The van der Waals surface area contributed by atoms with Crippen LogP contribution in [0.4, 0.5) is 0 Å². The minimum Gasteiger partial charge on any atom is -0.358 e. The molecule has 0 aliphatic carbocycles. The van der Waals surface area contributed by atoms with E-state index in [1.807, 2.05) is 30.3 Å². The summed E-state index contributed by atoms with van der Waals surface area (Å²) in [6.07, 6.45) is 2.21. The summed E-state index contributed by atoms with van der Waals surface area (Å²) in [4.78, 5) is 0. The van der Waals surface area contributed by atoms with E-state index in [0.717, 1.165) is 12.8 Å². The first-order valence-corrected chi connectivity index (χ1v) is 9.18. The van der Waals surface area contributed by atoms with Crippen molar-refractivity contribution in [2.45, 2.75) is 12.8 Å². The summed E-state index contributed by atoms with van der Waals surface area (Å²) in [6, 6.07) is 38.5. The molecular weight excluding hydrogens is 575 g/mol. The van der Waals surface area contributed by atoms with Gasteiger partial charge in [-0.1, -0.05) is 72.5 Å². The molecule has 0 fully saturated rings. The van der Waals surface area contributed by atoms with E-state index in [1.54, 1.807) is 0 Å². The van der Waals surface area contributed by atoms with Gasteiger partial charge in [0.2, 0.25) is 0 Å². The van der Waals surface area contributed by atoms with Crippen LogP contribution in [0.2, 0.25) is 0 Å². The molecule has 0 aliphatic heterocycles. The normalized spacial score (nSPS) is 8.12. The molecule has 0 bridgehead atoms. The Morgan fingerprint density at radius 1 is 0.559 bits per heavy atom. The maximum atomic E-state index is 2.34. The Kier molecular flexibility index (Phi) is 26.3. The standard InChI is InChI=1S/C21H17.C5H5.7CH3.Hf/c1-2-6-16(7-3-1)10-11-17-12-13-20-14-18-8-4-5-9-19(18)15-21(17)20;1-2-4-5-3-1;;;;;;;;/h1-9,12-15H,10-11H2;1-5H;7*1H3;/q9*-1;. The van der Waals surface area contributed by atoms with Crippen LogP contribution in [0.15, 0.2) is 109 Å². The van der Waals surface area contributed by atoms with Gasteiger partial charge in [-0.05, 0) is 17.4 Å². The van der Waals surface area contributed by atoms with Crippen molar-refractivity contribution in [3.8, 4) is 0 Å². The number of hydrogen-bond donors (Lipinski definition) is 0. The fraction of sp³-hybridized carbons (Fsp3) is 0.0606. The molecule has 0 aromatic heterocycles. The second-order valence-corrected chi connectivity index (χ2v) is 6.59. The second kappa shape index (κ2) is 21.3. The topological polar surface area (TPSA) is 0 Å². The Bertz CT molecular complexity index is 1050. The van der Waals surface area contributed by atoms with Gasteiger partial charge in [0.15, 0.2) is 0 Å². The number of aryl methyl sites for hydroxylation is 2. The van der Waals surface area contributed by atoms with Crippen molar-refractivity contribution in [3.63, 3.8) is 0 Å². The van der Waals surface area contributed by atoms with Crippen LogP contribution in [-0.2, 0) is 38.7 Å². The molecule has 1 heteroatoms. The zero-order chi connectivity index (χ0) is 17.6. The van der Waals surface area contributed by atoms with Crippen molar-refractivity contribution in [3.05, 3.63) is 172 Å². The molecule has 5 aromatic carbocycles. The fourth-order valence-corrected chi connectivity index (χ4v) is 3.42. The maximum Gasteiger partial charge on any atom is 0 e. The van der Waals surface area contributed by atoms with E-state index in [-0.39, 0.29) is 77.8 Å². The number of benzene rings is 3. The Balaban J connectivity index is -0.000000195. The average Bonchev–Trinajstić information content (AvgIpc) is 3.39. The van der Waals surface area contributed by atoms with Crippen molar-refractivity contribution in [2.75, 3.05) is 0 Å². The van der Waals surface area contributed by atoms with Crippen LogP contribution in [-0.4, -0.2) is 0 Å². The maximum absolute atomic E-state index is 2.34. The Hall–Kier alpha value is -2.25. The number of hydrogen-bond acceptors (Lipinski definition) is 0. The van der Waals surface area contributed by atoms with Crippen molar-refractivity contribution in [2.24, 2.45) is 0 Å². The molecule has 0 radical (unpaired) electrons. The largest absolute Gasteiger partial charge is 0.358 e. The molecule has 0 unspecified atom stereocenters. The Morgan fingerprint density at radius 3 is 1.62 bits per heavy atom. The molecular formula is C33H43Hf-9. The molecule has 5 rings (SSSR count). The third-order valence-corrected chi connectivity index (χ3v) is 4.81. The van der Waals surface area contributed by atoms with Gasteiger partial charge in [0.05, 0.1) is 0 Å². The summed E-state index contributed by atoms with van der Waals surface area (Å²) < 4.78 is 0. The first-order valence-electron chi connectivity index (χ1n) is 9.18. The molecule has 0 nitrogen and oxygen atoms in total. The minimum atomic E-state index is 0. The van der Waals surface area contributed by atoms with E-state index in [0.29, 0.717) is 0 Å². The Morgan fingerprint density at radius 2 is 1.09 bits per heavy atom. The van der Waals surface area contributed by atoms with Crippen LogP contribution >= 0.6 is 0 Å². The van der Waals surface area contributed by atoms with Crippen LogP contribution in [0.5, 0.6) is 0 Å². The molecule has 0 amide bonds. The summed E-state index contributed by atoms with van der Waals surface area (Å²) in [6.45, 7) is 0. The first kappa shape index (κ1) is 42.0. The summed E-state index contributed by atoms with van der Waals surface area (Å²) in [7, 11) is 0. The third-order valence-electron chi connectivity index (χ3n) is 4.81. The van der Waals surface area contributed by atoms with E-state index in [1.165, 1.54) is 32.7 Å². The average molecular weight is 618 g/mol. The molecule has 0 saturated carbocycles. The molecule has 0 saturated heterocycles. The van der Waals surface area contributed by atoms with Crippen molar-refractivity contribution in [1.82, 2.24) is 0 Å².